The zero-order chi connectivity index (χ0) is 17.3. The zero-order valence-corrected chi connectivity index (χ0v) is 14.0. The van der Waals surface area contributed by atoms with E-state index >= 15 is 0 Å². The molecule has 0 bridgehead atoms. The third kappa shape index (κ3) is 3.05. The van der Waals surface area contributed by atoms with Gasteiger partial charge in [-0.05, 0) is 55.7 Å². The lowest BCUT2D eigenvalue weighted by Crippen LogP contribution is -2.47. The molecule has 2 fully saturated rings. The molecule has 6 heteroatoms. The fourth-order valence-corrected chi connectivity index (χ4v) is 3.83. The lowest BCUT2D eigenvalue weighted by Gasteiger charge is -2.33. The number of hydrogen-bond acceptors (Lipinski definition) is 6. The number of benzene rings is 1. The molecule has 2 aromatic rings. The molecule has 2 aliphatic heterocycles. The van der Waals surface area contributed by atoms with Crippen LogP contribution in [-0.4, -0.2) is 46.3 Å². The SMILES string of the molecule is O=C(ON1CCC[C@@]12CCN(c1cccnc1)C2)c1ccc(O)cc1. The predicted molar refractivity (Wildman–Crippen MR) is 93.3 cm³/mol. The molecule has 0 unspecified atom stereocenters. The summed E-state index contributed by atoms with van der Waals surface area (Å²) in [7, 11) is 0. The summed E-state index contributed by atoms with van der Waals surface area (Å²) in [6.45, 7) is 2.52. The van der Waals surface area contributed by atoms with Crippen LogP contribution >= 0.6 is 0 Å². The molecule has 1 aromatic carbocycles. The molecule has 1 atom stereocenters. The largest absolute Gasteiger partial charge is 0.508 e. The van der Waals surface area contributed by atoms with E-state index < -0.39 is 0 Å². The Morgan fingerprint density at radius 3 is 2.76 bits per heavy atom. The lowest BCUT2D eigenvalue weighted by atomic mass is 9.96. The number of anilines is 1. The van der Waals surface area contributed by atoms with Crippen LogP contribution in [0, 0.1) is 0 Å². The topological polar surface area (TPSA) is 65.9 Å². The predicted octanol–water partition coefficient (Wildman–Crippen LogP) is 2.60. The van der Waals surface area contributed by atoms with Crippen molar-refractivity contribution in [2.45, 2.75) is 24.8 Å². The van der Waals surface area contributed by atoms with Crippen LogP contribution in [0.15, 0.2) is 48.8 Å². The second-order valence-corrected chi connectivity index (χ2v) is 6.74. The van der Waals surface area contributed by atoms with Crippen molar-refractivity contribution in [2.75, 3.05) is 24.5 Å². The molecule has 0 radical (unpaired) electrons. The maximum atomic E-state index is 12.4. The molecule has 4 rings (SSSR count). The molecule has 1 N–H and O–H groups in total. The average Bonchev–Trinajstić information content (AvgIpc) is 3.24. The Balaban J connectivity index is 1.47. The van der Waals surface area contributed by atoms with E-state index in [1.165, 1.54) is 12.1 Å². The summed E-state index contributed by atoms with van der Waals surface area (Å²) in [5.74, 6) is -0.238. The van der Waals surface area contributed by atoms with Crippen LogP contribution in [0.5, 0.6) is 5.75 Å². The highest BCUT2D eigenvalue weighted by molar-refractivity contribution is 5.89. The summed E-state index contributed by atoms with van der Waals surface area (Å²) in [4.78, 5) is 24.7. The Hall–Kier alpha value is -2.60. The highest BCUT2D eigenvalue weighted by Crippen LogP contribution is 2.39. The zero-order valence-electron chi connectivity index (χ0n) is 14.0. The van der Waals surface area contributed by atoms with Crippen molar-refractivity contribution in [3.05, 3.63) is 54.4 Å². The summed E-state index contributed by atoms with van der Waals surface area (Å²) in [6.07, 6.45) is 6.65. The number of phenols is 1. The van der Waals surface area contributed by atoms with Crippen LogP contribution in [0.2, 0.25) is 0 Å². The van der Waals surface area contributed by atoms with Crippen LogP contribution in [0.4, 0.5) is 5.69 Å². The quantitative estimate of drug-likeness (QED) is 0.927. The van der Waals surface area contributed by atoms with Crippen molar-refractivity contribution in [1.29, 1.82) is 0 Å². The van der Waals surface area contributed by atoms with Crippen molar-refractivity contribution < 1.29 is 14.7 Å². The van der Waals surface area contributed by atoms with Crippen LogP contribution in [-0.2, 0) is 4.84 Å². The number of hydroxylamine groups is 2. The number of carbonyl (C=O) groups is 1. The molecule has 0 amide bonds. The first-order valence-corrected chi connectivity index (χ1v) is 8.60. The van der Waals surface area contributed by atoms with Crippen LogP contribution in [0.3, 0.4) is 0 Å². The smallest absolute Gasteiger partial charge is 0.357 e. The van der Waals surface area contributed by atoms with E-state index in [2.05, 4.69) is 16.0 Å². The number of rotatable bonds is 3. The Morgan fingerprint density at radius 1 is 1.16 bits per heavy atom. The van der Waals surface area contributed by atoms with Gasteiger partial charge in [0.1, 0.15) is 5.75 Å². The van der Waals surface area contributed by atoms with Crippen LogP contribution in [0.1, 0.15) is 29.6 Å². The molecule has 130 valence electrons. The van der Waals surface area contributed by atoms with Crippen LogP contribution in [0.25, 0.3) is 0 Å². The summed E-state index contributed by atoms with van der Waals surface area (Å²) in [6, 6.07) is 10.2. The van der Waals surface area contributed by atoms with Crippen LogP contribution < -0.4 is 4.90 Å². The monoisotopic (exact) mass is 339 g/mol. The number of phenolic OH excluding ortho intramolecular Hbond substituents is 1. The van der Waals surface area contributed by atoms with E-state index in [1.807, 2.05) is 17.3 Å². The third-order valence-electron chi connectivity index (χ3n) is 5.17. The minimum atomic E-state index is -0.374. The van der Waals surface area contributed by atoms with Crippen molar-refractivity contribution in [1.82, 2.24) is 10.0 Å². The molecule has 1 spiro atoms. The Morgan fingerprint density at radius 2 is 2.00 bits per heavy atom. The van der Waals surface area contributed by atoms with E-state index in [4.69, 9.17) is 4.84 Å². The summed E-state index contributed by atoms with van der Waals surface area (Å²) >= 11 is 0. The van der Waals surface area contributed by atoms with Gasteiger partial charge in [-0.1, -0.05) is 0 Å². The van der Waals surface area contributed by atoms with Crippen molar-refractivity contribution >= 4 is 11.7 Å². The van der Waals surface area contributed by atoms with Crippen molar-refractivity contribution in [3.63, 3.8) is 0 Å². The number of pyridine rings is 1. The highest BCUT2D eigenvalue weighted by atomic mass is 16.7. The molecule has 0 aliphatic carbocycles. The van der Waals surface area contributed by atoms with E-state index in [0.29, 0.717) is 5.56 Å². The second-order valence-electron chi connectivity index (χ2n) is 6.74. The maximum Gasteiger partial charge on any atom is 0.357 e. The van der Waals surface area contributed by atoms with E-state index in [9.17, 15) is 9.90 Å². The molecule has 6 nitrogen and oxygen atoms in total. The van der Waals surface area contributed by atoms with Gasteiger partial charge in [0.15, 0.2) is 0 Å². The van der Waals surface area contributed by atoms with Gasteiger partial charge in [-0.15, -0.1) is 5.06 Å². The van der Waals surface area contributed by atoms with Gasteiger partial charge in [-0.25, -0.2) is 4.79 Å². The Bertz CT molecular complexity index is 750. The van der Waals surface area contributed by atoms with Crippen molar-refractivity contribution in [3.8, 4) is 5.75 Å². The number of aromatic nitrogens is 1. The first-order chi connectivity index (χ1) is 12.2. The number of hydrogen-bond donors (Lipinski definition) is 1. The van der Waals surface area contributed by atoms with Gasteiger partial charge < -0.3 is 14.8 Å². The number of aromatic hydroxyl groups is 1. The summed E-state index contributed by atoms with van der Waals surface area (Å²) in [5, 5.41) is 11.2. The minimum Gasteiger partial charge on any atom is -0.508 e. The first kappa shape index (κ1) is 15.9. The van der Waals surface area contributed by atoms with E-state index in [1.54, 1.807) is 18.3 Å². The fourth-order valence-electron chi connectivity index (χ4n) is 3.83. The normalized spacial score (nSPS) is 23.3. The van der Waals surface area contributed by atoms with E-state index in [-0.39, 0.29) is 17.3 Å². The standard InChI is InChI=1S/C19H21N3O3/c23-17-6-4-15(5-7-17)18(24)25-22-11-2-8-19(22)9-12-21(14-19)16-3-1-10-20-13-16/h1,3-7,10,13,23H,2,8-9,11-12,14H2/t19-/m0/s1. The average molecular weight is 339 g/mol. The van der Waals surface area contributed by atoms with E-state index in [0.717, 1.165) is 44.6 Å². The van der Waals surface area contributed by atoms with Gasteiger partial charge >= 0.3 is 5.97 Å². The summed E-state index contributed by atoms with van der Waals surface area (Å²) < 4.78 is 0. The number of nitrogens with zero attached hydrogens (tertiary/aromatic N) is 3. The minimum absolute atomic E-state index is 0.123. The molecular formula is C19H21N3O3. The second kappa shape index (κ2) is 6.37. The molecule has 0 saturated carbocycles. The molecule has 3 heterocycles. The molecule has 1 aromatic heterocycles. The Kier molecular flexibility index (Phi) is 4.05. The fraction of sp³-hybridized carbons (Fsp3) is 0.368. The summed E-state index contributed by atoms with van der Waals surface area (Å²) in [5.41, 5.74) is 1.43. The molecule has 2 saturated heterocycles. The van der Waals surface area contributed by atoms with Gasteiger partial charge in [0.2, 0.25) is 0 Å². The van der Waals surface area contributed by atoms with Gasteiger partial charge in [-0.2, -0.15) is 0 Å². The van der Waals surface area contributed by atoms with Gasteiger partial charge in [0, 0.05) is 25.8 Å². The van der Waals surface area contributed by atoms with Gasteiger partial charge in [0.25, 0.3) is 0 Å². The third-order valence-corrected chi connectivity index (χ3v) is 5.17. The molecule has 2 aliphatic rings. The molecule has 25 heavy (non-hydrogen) atoms. The Labute approximate surface area is 146 Å². The maximum absolute atomic E-state index is 12.4. The highest BCUT2D eigenvalue weighted by Gasteiger charge is 2.48. The van der Waals surface area contributed by atoms with Crippen molar-refractivity contribution in [2.24, 2.45) is 0 Å². The van der Waals surface area contributed by atoms with Gasteiger partial charge in [0.05, 0.1) is 23.0 Å². The number of carbonyl (C=O) groups excluding carboxylic acids is 1. The van der Waals surface area contributed by atoms with Gasteiger partial charge in [-0.3, -0.25) is 4.98 Å². The first-order valence-electron chi connectivity index (χ1n) is 8.60. The molecular weight excluding hydrogens is 318 g/mol. The lowest BCUT2D eigenvalue weighted by molar-refractivity contribution is -0.150.